The number of halogens is 1. The van der Waals surface area contributed by atoms with E-state index in [0.29, 0.717) is 30.1 Å². The second-order valence-corrected chi connectivity index (χ2v) is 7.14. The van der Waals surface area contributed by atoms with Gasteiger partial charge < -0.3 is 16.0 Å². The van der Waals surface area contributed by atoms with Crippen molar-refractivity contribution in [3.05, 3.63) is 59.7 Å². The number of nitrogens with two attached hydrogens (primary N) is 1. The summed E-state index contributed by atoms with van der Waals surface area (Å²) in [6.07, 6.45) is 1.51. The first-order valence-electron chi connectivity index (χ1n) is 9.02. The van der Waals surface area contributed by atoms with E-state index in [4.69, 9.17) is 5.73 Å². The molecule has 0 radical (unpaired) electrons. The van der Waals surface area contributed by atoms with Crippen LogP contribution in [-0.2, 0) is 11.2 Å². The first-order chi connectivity index (χ1) is 12.5. The lowest BCUT2D eigenvalue weighted by molar-refractivity contribution is -0.117. The molecule has 0 saturated heterocycles. The highest BCUT2D eigenvalue weighted by Gasteiger charge is 2.25. The van der Waals surface area contributed by atoms with E-state index in [2.05, 4.69) is 11.4 Å². The minimum atomic E-state index is -0.530. The van der Waals surface area contributed by atoms with E-state index in [1.165, 1.54) is 5.56 Å². The molecule has 2 aromatic carbocycles. The fourth-order valence-corrected chi connectivity index (χ4v) is 3.25. The number of carbonyl (C=O) groups is 2. The zero-order valence-corrected chi connectivity index (χ0v) is 16.5. The average Bonchev–Trinajstić information content (AvgIpc) is 3.05. The maximum atomic E-state index is 12.8. The third-order valence-electron chi connectivity index (χ3n) is 4.59. The van der Waals surface area contributed by atoms with Crippen LogP contribution in [0.25, 0.3) is 0 Å². The van der Waals surface area contributed by atoms with Crippen molar-refractivity contribution < 1.29 is 9.59 Å². The van der Waals surface area contributed by atoms with Crippen LogP contribution in [0.2, 0.25) is 0 Å². The molecule has 0 saturated carbocycles. The number of carbonyl (C=O) groups excluding carboxylic acids is 2. The zero-order valence-electron chi connectivity index (χ0n) is 15.6. The van der Waals surface area contributed by atoms with Crippen molar-refractivity contribution in [2.24, 2.45) is 11.7 Å². The lowest BCUT2D eigenvalue weighted by atomic mass is 10.0. The molecule has 0 unspecified atom stereocenters. The Labute approximate surface area is 166 Å². The van der Waals surface area contributed by atoms with Gasteiger partial charge in [0.15, 0.2) is 0 Å². The Morgan fingerprint density at radius 2 is 1.78 bits per heavy atom. The maximum Gasteiger partial charge on any atom is 0.258 e. The number of anilines is 2. The Bertz CT molecular complexity index is 805. The average molecular weight is 388 g/mol. The SMILES string of the molecule is CC(C)C[C@H](N)C(=O)Nc1ccc(C(=O)N2CCc3ccccc32)cc1.Cl. The van der Waals surface area contributed by atoms with Gasteiger partial charge in [-0.2, -0.15) is 0 Å². The molecule has 6 heteroatoms. The van der Waals surface area contributed by atoms with Crippen LogP contribution in [0, 0.1) is 5.92 Å². The summed E-state index contributed by atoms with van der Waals surface area (Å²) in [6.45, 7) is 4.76. The van der Waals surface area contributed by atoms with E-state index in [1.807, 2.05) is 36.9 Å². The molecule has 1 heterocycles. The molecule has 2 aromatic rings. The van der Waals surface area contributed by atoms with E-state index in [-0.39, 0.29) is 24.2 Å². The molecule has 1 aliphatic rings. The molecule has 0 fully saturated rings. The second-order valence-electron chi connectivity index (χ2n) is 7.14. The van der Waals surface area contributed by atoms with Crippen molar-refractivity contribution in [2.45, 2.75) is 32.7 Å². The van der Waals surface area contributed by atoms with Crippen LogP contribution in [0.15, 0.2) is 48.5 Å². The first kappa shape index (κ1) is 20.9. The van der Waals surface area contributed by atoms with Crippen molar-refractivity contribution in [1.29, 1.82) is 0 Å². The summed E-state index contributed by atoms with van der Waals surface area (Å²) in [7, 11) is 0. The number of amides is 2. The highest BCUT2D eigenvalue weighted by molar-refractivity contribution is 6.07. The molecule has 2 amide bonds. The van der Waals surface area contributed by atoms with E-state index in [1.54, 1.807) is 24.3 Å². The fourth-order valence-electron chi connectivity index (χ4n) is 3.25. The van der Waals surface area contributed by atoms with Crippen molar-refractivity contribution >= 4 is 35.6 Å². The molecule has 1 aliphatic heterocycles. The van der Waals surface area contributed by atoms with Gasteiger partial charge in [-0.25, -0.2) is 0 Å². The van der Waals surface area contributed by atoms with Gasteiger partial charge in [-0.15, -0.1) is 12.4 Å². The van der Waals surface area contributed by atoms with Gasteiger partial charge in [-0.3, -0.25) is 9.59 Å². The van der Waals surface area contributed by atoms with Crippen LogP contribution in [0.5, 0.6) is 0 Å². The number of rotatable bonds is 5. The van der Waals surface area contributed by atoms with Crippen molar-refractivity contribution in [3.63, 3.8) is 0 Å². The third kappa shape index (κ3) is 4.87. The van der Waals surface area contributed by atoms with E-state index in [0.717, 1.165) is 12.1 Å². The van der Waals surface area contributed by atoms with E-state index in [9.17, 15) is 9.59 Å². The highest BCUT2D eigenvalue weighted by Crippen LogP contribution is 2.29. The predicted molar refractivity (Wildman–Crippen MR) is 112 cm³/mol. The molecule has 27 heavy (non-hydrogen) atoms. The van der Waals surface area contributed by atoms with E-state index >= 15 is 0 Å². The van der Waals surface area contributed by atoms with Crippen molar-refractivity contribution in [2.75, 3.05) is 16.8 Å². The Balaban J connectivity index is 0.00000261. The molecule has 3 N–H and O–H groups in total. The summed E-state index contributed by atoms with van der Waals surface area (Å²) in [4.78, 5) is 26.7. The van der Waals surface area contributed by atoms with Gasteiger partial charge in [0.25, 0.3) is 5.91 Å². The largest absolute Gasteiger partial charge is 0.325 e. The first-order valence-corrected chi connectivity index (χ1v) is 9.02. The number of benzene rings is 2. The van der Waals surface area contributed by atoms with Gasteiger partial charge >= 0.3 is 0 Å². The summed E-state index contributed by atoms with van der Waals surface area (Å²) in [5.41, 5.74) is 9.33. The summed E-state index contributed by atoms with van der Waals surface area (Å²) in [5.74, 6) is 0.134. The molecule has 0 aliphatic carbocycles. The molecule has 3 rings (SSSR count). The lowest BCUT2D eigenvalue weighted by Crippen LogP contribution is -2.36. The number of fused-ring (bicyclic) bond motifs is 1. The van der Waals surface area contributed by atoms with Crippen LogP contribution in [-0.4, -0.2) is 24.4 Å². The molecule has 0 aromatic heterocycles. The molecule has 5 nitrogen and oxygen atoms in total. The fraction of sp³-hybridized carbons (Fsp3) is 0.333. The van der Waals surface area contributed by atoms with Crippen LogP contribution in [0.4, 0.5) is 11.4 Å². The molecule has 144 valence electrons. The molecule has 1 atom stereocenters. The normalized spacial score (nSPS) is 13.7. The third-order valence-corrected chi connectivity index (χ3v) is 4.59. The zero-order chi connectivity index (χ0) is 18.7. The number of hydrogen-bond acceptors (Lipinski definition) is 3. The van der Waals surface area contributed by atoms with Crippen LogP contribution < -0.4 is 16.0 Å². The number of para-hydroxylation sites is 1. The summed E-state index contributed by atoms with van der Waals surface area (Å²) in [6, 6.07) is 14.4. The Hall–Kier alpha value is -2.37. The monoisotopic (exact) mass is 387 g/mol. The standard InChI is InChI=1S/C21H25N3O2.ClH/c1-14(2)13-18(22)20(25)23-17-9-7-16(8-10-17)21(26)24-12-11-15-5-3-4-6-19(15)24;/h3-10,14,18H,11-13,22H2,1-2H3,(H,23,25);1H/t18-;/m0./s1. The van der Waals surface area contributed by atoms with Crippen LogP contribution in [0.3, 0.4) is 0 Å². The van der Waals surface area contributed by atoms with E-state index < -0.39 is 6.04 Å². The Morgan fingerprint density at radius 1 is 1.11 bits per heavy atom. The van der Waals surface area contributed by atoms with Gasteiger partial charge in [0.05, 0.1) is 6.04 Å². The van der Waals surface area contributed by atoms with Gasteiger partial charge in [0, 0.05) is 23.5 Å². The summed E-state index contributed by atoms with van der Waals surface area (Å²) in [5, 5.41) is 2.81. The van der Waals surface area contributed by atoms with Crippen LogP contribution in [0.1, 0.15) is 36.2 Å². The minimum Gasteiger partial charge on any atom is -0.325 e. The highest BCUT2D eigenvalue weighted by atomic mass is 35.5. The minimum absolute atomic E-state index is 0. The summed E-state index contributed by atoms with van der Waals surface area (Å²) >= 11 is 0. The van der Waals surface area contributed by atoms with Gasteiger partial charge in [-0.05, 0) is 54.7 Å². The van der Waals surface area contributed by atoms with Crippen LogP contribution >= 0.6 is 12.4 Å². The van der Waals surface area contributed by atoms with Crippen molar-refractivity contribution in [1.82, 2.24) is 0 Å². The quantitative estimate of drug-likeness (QED) is 0.822. The number of nitrogens with one attached hydrogen (secondary N) is 1. The van der Waals surface area contributed by atoms with Gasteiger partial charge in [-0.1, -0.05) is 32.0 Å². The van der Waals surface area contributed by atoms with Crippen molar-refractivity contribution in [3.8, 4) is 0 Å². The number of nitrogens with zero attached hydrogens (tertiary/aromatic N) is 1. The summed E-state index contributed by atoms with van der Waals surface area (Å²) < 4.78 is 0. The predicted octanol–water partition coefficient (Wildman–Crippen LogP) is 3.62. The maximum absolute atomic E-state index is 12.8. The topological polar surface area (TPSA) is 75.4 Å². The van der Waals surface area contributed by atoms with Gasteiger partial charge in [0.1, 0.15) is 0 Å². The molecule has 0 bridgehead atoms. The molecule has 0 spiro atoms. The van der Waals surface area contributed by atoms with Gasteiger partial charge in [0.2, 0.25) is 5.91 Å². The number of hydrogen-bond donors (Lipinski definition) is 2. The second kappa shape index (κ2) is 9.02. The lowest BCUT2D eigenvalue weighted by Gasteiger charge is -2.18. The smallest absolute Gasteiger partial charge is 0.258 e. The Morgan fingerprint density at radius 3 is 2.44 bits per heavy atom. The Kier molecular flexibility index (Phi) is 6.99. The molecular formula is C21H26ClN3O2. The molecular weight excluding hydrogens is 362 g/mol.